The van der Waals surface area contributed by atoms with Crippen LogP contribution in [0.3, 0.4) is 0 Å². The minimum atomic E-state index is 0.340. The van der Waals surface area contributed by atoms with E-state index in [0.29, 0.717) is 17.6 Å². The Bertz CT molecular complexity index is 225. The Labute approximate surface area is 113 Å². The maximum absolute atomic E-state index is 5.72. The normalized spacial score (nSPS) is 24.2. The van der Waals surface area contributed by atoms with Crippen LogP contribution < -0.4 is 5.32 Å². The van der Waals surface area contributed by atoms with Gasteiger partial charge in [-0.05, 0) is 31.3 Å². The van der Waals surface area contributed by atoms with Gasteiger partial charge in [-0.15, -0.1) is 0 Å². The van der Waals surface area contributed by atoms with Gasteiger partial charge in [0.15, 0.2) is 0 Å². The monoisotopic (exact) mass is 256 g/mol. The molecule has 0 aliphatic carbocycles. The Morgan fingerprint density at radius 2 is 2.06 bits per heavy atom. The Kier molecular flexibility index (Phi) is 6.61. The lowest BCUT2D eigenvalue weighted by molar-refractivity contribution is -0.0313. The Balaban J connectivity index is 2.37. The fourth-order valence-electron chi connectivity index (χ4n) is 2.63. The van der Waals surface area contributed by atoms with E-state index in [0.717, 1.165) is 32.7 Å². The van der Waals surface area contributed by atoms with E-state index < -0.39 is 0 Å². The molecule has 0 saturated carbocycles. The summed E-state index contributed by atoms with van der Waals surface area (Å²) in [7, 11) is 0. The molecule has 2 unspecified atom stereocenters. The Morgan fingerprint density at radius 1 is 1.33 bits per heavy atom. The van der Waals surface area contributed by atoms with E-state index in [-0.39, 0.29) is 0 Å². The molecule has 1 saturated heterocycles. The van der Waals surface area contributed by atoms with Crippen molar-refractivity contribution in [3.63, 3.8) is 0 Å². The molecule has 108 valence electrons. The number of nitrogens with zero attached hydrogens (tertiary/aromatic N) is 1. The molecule has 0 amide bonds. The van der Waals surface area contributed by atoms with Gasteiger partial charge in [-0.3, -0.25) is 4.90 Å². The summed E-state index contributed by atoms with van der Waals surface area (Å²) in [5.74, 6) is 0. The number of ether oxygens (including phenoxy) is 1. The standard InChI is InChI=1S/C15H32N2O/c1-6-13-12-17(10-11-18-13)9-8-14(16-7-2)15(3,4)5/h13-14,16H,6-12H2,1-5H3. The summed E-state index contributed by atoms with van der Waals surface area (Å²) in [5.41, 5.74) is 0.340. The third kappa shape index (κ3) is 5.25. The van der Waals surface area contributed by atoms with Crippen molar-refractivity contribution in [1.82, 2.24) is 10.2 Å². The van der Waals surface area contributed by atoms with Gasteiger partial charge in [0.2, 0.25) is 0 Å². The van der Waals surface area contributed by atoms with E-state index in [2.05, 4.69) is 44.8 Å². The van der Waals surface area contributed by atoms with Crippen LogP contribution in [0.25, 0.3) is 0 Å². The van der Waals surface area contributed by atoms with E-state index in [1.165, 1.54) is 13.0 Å². The lowest BCUT2D eigenvalue weighted by atomic mass is 9.84. The quantitative estimate of drug-likeness (QED) is 0.790. The third-order valence-electron chi connectivity index (χ3n) is 3.91. The number of morpholine rings is 1. The summed E-state index contributed by atoms with van der Waals surface area (Å²) in [5, 5.41) is 3.63. The molecule has 2 atom stereocenters. The van der Waals surface area contributed by atoms with Gasteiger partial charge >= 0.3 is 0 Å². The van der Waals surface area contributed by atoms with Gasteiger partial charge in [0.25, 0.3) is 0 Å². The van der Waals surface area contributed by atoms with Crippen molar-refractivity contribution in [2.45, 2.75) is 59.6 Å². The zero-order chi connectivity index (χ0) is 13.6. The van der Waals surface area contributed by atoms with Gasteiger partial charge in [0, 0.05) is 19.1 Å². The maximum atomic E-state index is 5.72. The first-order valence-electron chi connectivity index (χ1n) is 7.54. The van der Waals surface area contributed by atoms with E-state index >= 15 is 0 Å². The van der Waals surface area contributed by atoms with E-state index in [4.69, 9.17) is 4.74 Å². The fourth-order valence-corrected chi connectivity index (χ4v) is 2.63. The molecule has 0 aromatic carbocycles. The van der Waals surface area contributed by atoms with Crippen molar-refractivity contribution >= 4 is 0 Å². The summed E-state index contributed by atoms with van der Waals surface area (Å²) in [6, 6.07) is 0.602. The highest BCUT2D eigenvalue weighted by Crippen LogP contribution is 2.22. The molecule has 3 heteroatoms. The van der Waals surface area contributed by atoms with Gasteiger partial charge in [0.05, 0.1) is 12.7 Å². The molecule has 1 rings (SSSR count). The Morgan fingerprint density at radius 3 is 2.61 bits per heavy atom. The van der Waals surface area contributed by atoms with Crippen molar-refractivity contribution in [3.05, 3.63) is 0 Å². The van der Waals surface area contributed by atoms with Gasteiger partial charge in [0.1, 0.15) is 0 Å². The van der Waals surface area contributed by atoms with Crippen molar-refractivity contribution in [3.8, 4) is 0 Å². The maximum Gasteiger partial charge on any atom is 0.0700 e. The molecule has 1 aliphatic rings. The van der Waals surface area contributed by atoms with Crippen LogP contribution in [0.15, 0.2) is 0 Å². The lowest BCUT2D eigenvalue weighted by Gasteiger charge is -2.36. The van der Waals surface area contributed by atoms with Gasteiger partial charge < -0.3 is 10.1 Å². The van der Waals surface area contributed by atoms with Gasteiger partial charge in [-0.2, -0.15) is 0 Å². The molecule has 3 nitrogen and oxygen atoms in total. The minimum Gasteiger partial charge on any atom is -0.376 e. The highest BCUT2D eigenvalue weighted by Gasteiger charge is 2.25. The number of nitrogens with one attached hydrogen (secondary N) is 1. The van der Waals surface area contributed by atoms with E-state index in [1.54, 1.807) is 0 Å². The predicted octanol–water partition coefficient (Wildman–Crippen LogP) is 2.51. The predicted molar refractivity (Wildman–Crippen MR) is 78.0 cm³/mol. The van der Waals surface area contributed by atoms with Crippen LogP contribution in [-0.2, 0) is 4.74 Å². The molecule has 0 radical (unpaired) electrons. The fraction of sp³-hybridized carbons (Fsp3) is 1.00. The second-order valence-corrected chi connectivity index (χ2v) is 6.47. The molecule has 1 fully saturated rings. The van der Waals surface area contributed by atoms with Crippen LogP contribution in [0.5, 0.6) is 0 Å². The lowest BCUT2D eigenvalue weighted by Crippen LogP contribution is -2.46. The van der Waals surface area contributed by atoms with Crippen molar-refractivity contribution in [2.24, 2.45) is 5.41 Å². The summed E-state index contributed by atoms with van der Waals surface area (Å²) in [6.45, 7) is 16.7. The third-order valence-corrected chi connectivity index (χ3v) is 3.91. The zero-order valence-electron chi connectivity index (χ0n) is 13.0. The average Bonchev–Trinajstić information content (AvgIpc) is 2.33. The van der Waals surface area contributed by atoms with E-state index in [9.17, 15) is 0 Å². The molecule has 0 bridgehead atoms. The minimum absolute atomic E-state index is 0.340. The topological polar surface area (TPSA) is 24.5 Å². The number of rotatable bonds is 6. The molecular weight excluding hydrogens is 224 g/mol. The second kappa shape index (κ2) is 7.46. The zero-order valence-corrected chi connectivity index (χ0v) is 13.0. The number of hydrogen-bond acceptors (Lipinski definition) is 3. The largest absolute Gasteiger partial charge is 0.376 e. The first-order valence-corrected chi connectivity index (χ1v) is 7.54. The molecule has 18 heavy (non-hydrogen) atoms. The molecule has 0 spiro atoms. The SMILES string of the molecule is CCNC(CCN1CCOC(CC)C1)C(C)(C)C. The first kappa shape index (κ1) is 15.9. The average molecular weight is 256 g/mol. The second-order valence-electron chi connectivity index (χ2n) is 6.47. The summed E-state index contributed by atoms with van der Waals surface area (Å²) < 4.78 is 5.72. The first-order chi connectivity index (χ1) is 8.47. The van der Waals surface area contributed by atoms with Crippen LogP contribution in [0.4, 0.5) is 0 Å². The highest BCUT2D eigenvalue weighted by atomic mass is 16.5. The highest BCUT2D eigenvalue weighted by molar-refractivity contribution is 4.82. The molecule has 0 aromatic rings. The van der Waals surface area contributed by atoms with Gasteiger partial charge in [-0.1, -0.05) is 34.6 Å². The van der Waals surface area contributed by atoms with Gasteiger partial charge in [-0.25, -0.2) is 0 Å². The summed E-state index contributed by atoms with van der Waals surface area (Å²) in [4.78, 5) is 2.56. The summed E-state index contributed by atoms with van der Waals surface area (Å²) >= 11 is 0. The molecule has 1 heterocycles. The van der Waals surface area contributed by atoms with Crippen molar-refractivity contribution < 1.29 is 4.74 Å². The van der Waals surface area contributed by atoms with Crippen molar-refractivity contribution in [2.75, 3.05) is 32.8 Å². The number of hydrogen-bond donors (Lipinski definition) is 1. The summed E-state index contributed by atoms with van der Waals surface area (Å²) in [6.07, 6.45) is 2.81. The molecular formula is C15H32N2O. The molecule has 1 N–H and O–H groups in total. The molecule has 1 aliphatic heterocycles. The van der Waals surface area contributed by atoms with Crippen LogP contribution in [0.1, 0.15) is 47.5 Å². The smallest absolute Gasteiger partial charge is 0.0700 e. The van der Waals surface area contributed by atoms with Crippen LogP contribution >= 0.6 is 0 Å². The van der Waals surface area contributed by atoms with Crippen LogP contribution in [-0.4, -0.2) is 49.8 Å². The van der Waals surface area contributed by atoms with Crippen LogP contribution in [0, 0.1) is 5.41 Å². The van der Waals surface area contributed by atoms with E-state index in [1.807, 2.05) is 0 Å². The van der Waals surface area contributed by atoms with Crippen molar-refractivity contribution in [1.29, 1.82) is 0 Å². The molecule has 0 aromatic heterocycles. The Hall–Kier alpha value is -0.120. The van der Waals surface area contributed by atoms with Crippen LogP contribution in [0.2, 0.25) is 0 Å².